The summed E-state index contributed by atoms with van der Waals surface area (Å²) in [7, 11) is 2.07. The standard InChI is InChI=1S/C8H14N4/c1-11-4-6-12(7-5-11)8(10)2-3-9/h10H,2,4-7H2,1H3. The van der Waals surface area contributed by atoms with Gasteiger partial charge in [-0.2, -0.15) is 5.26 Å². The van der Waals surface area contributed by atoms with Gasteiger partial charge in [0.05, 0.1) is 12.5 Å². The smallest absolute Gasteiger partial charge is 0.110 e. The minimum Gasteiger partial charge on any atom is -0.357 e. The van der Waals surface area contributed by atoms with E-state index >= 15 is 0 Å². The van der Waals surface area contributed by atoms with Gasteiger partial charge in [0.2, 0.25) is 0 Å². The number of amidine groups is 1. The molecular weight excluding hydrogens is 152 g/mol. The zero-order valence-corrected chi connectivity index (χ0v) is 7.38. The maximum Gasteiger partial charge on any atom is 0.110 e. The summed E-state index contributed by atoms with van der Waals surface area (Å²) < 4.78 is 0. The third kappa shape index (κ3) is 2.21. The Balaban J connectivity index is 2.35. The van der Waals surface area contributed by atoms with E-state index in [1.807, 2.05) is 11.0 Å². The first-order chi connectivity index (χ1) is 5.74. The maximum atomic E-state index is 8.39. The molecule has 4 nitrogen and oxygen atoms in total. The zero-order valence-electron chi connectivity index (χ0n) is 7.38. The van der Waals surface area contributed by atoms with Crippen LogP contribution in [-0.2, 0) is 0 Å². The number of rotatable bonds is 1. The molecule has 0 radical (unpaired) electrons. The quantitative estimate of drug-likeness (QED) is 0.445. The van der Waals surface area contributed by atoms with Crippen molar-refractivity contribution >= 4 is 5.84 Å². The van der Waals surface area contributed by atoms with E-state index in [9.17, 15) is 0 Å². The Hall–Kier alpha value is -1.08. The first-order valence-electron chi connectivity index (χ1n) is 4.12. The van der Waals surface area contributed by atoms with Gasteiger partial charge >= 0.3 is 0 Å². The van der Waals surface area contributed by atoms with Crippen molar-refractivity contribution in [1.82, 2.24) is 9.80 Å². The highest BCUT2D eigenvalue weighted by Crippen LogP contribution is 2.01. The minimum atomic E-state index is 0.240. The summed E-state index contributed by atoms with van der Waals surface area (Å²) in [5.41, 5.74) is 0. The summed E-state index contributed by atoms with van der Waals surface area (Å²) in [5.74, 6) is 0.464. The second-order valence-corrected chi connectivity index (χ2v) is 3.07. The monoisotopic (exact) mass is 166 g/mol. The summed E-state index contributed by atoms with van der Waals surface area (Å²) in [5, 5.41) is 15.9. The van der Waals surface area contributed by atoms with Gasteiger partial charge in [0.1, 0.15) is 5.84 Å². The van der Waals surface area contributed by atoms with E-state index in [1.165, 1.54) is 0 Å². The Bertz CT molecular complexity index is 198. The zero-order chi connectivity index (χ0) is 8.97. The van der Waals surface area contributed by atoms with Gasteiger partial charge in [-0.3, -0.25) is 5.41 Å². The topological polar surface area (TPSA) is 54.1 Å². The van der Waals surface area contributed by atoms with E-state index in [-0.39, 0.29) is 6.42 Å². The summed E-state index contributed by atoms with van der Waals surface area (Å²) in [6, 6.07) is 2.00. The molecule has 66 valence electrons. The Morgan fingerprint density at radius 3 is 2.50 bits per heavy atom. The lowest BCUT2D eigenvalue weighted by Crippen LogP contribution is -2.46. The Kier molecular flexibility index (Phi) is 3.06. The third-order valence-electron chi connectivity index (χ3n) is 2.13. The Morgan fingerprint density at radius 1 is 1.42 bits per heavy atom. The average Bonchev–Trinajstić information content (AvgIpc) is 2.06. The van der Waals surface area contributed by atoms with Crippen molar-refractivity contribution in [2.24, 2.45) is 0 Å². The molecule has 1 fully saturated rings. The molecule has 1 rings (SSSR count). The van der Waals surface area contributed by atoms with E-state index in [0.717, 1.165) is 26.2 Å². The highest BCUT2D eigenvalue weighted by Gasteiger charge is 2.15. The summed E-state index contributed by atoms with van der Waals surface area (Å²) in [4.78, 5) is 4.21. The lowest BCUT2D eigenvalue weighted by Gasteiger charge is -2.33. The van der Waals surface area contributed by atoms with Crippen LogP contribution in [0.15, 0.2) is 0 Å². The van der Waals surface area contributed by atoms with Gasteiger partial charge in [-0.05, 0) is 7.05 Å². The molecule has 0 aromatic heterocycles. The fraction of sp³-hybridized carbons (Fsp3) is 0.750. The molecule has 1 heterocycles. The van der Waals surface area contributed by atoms with Crippen LogP contribution in [0, 0.1) is 16.7 Å². The molecular formula is C8H14N4. The number of likely N-dealkylation sites (N-methyl/N-ethyl adjacent to an activating group) is 1. The predicted molar refractivity (Wildman–Crippen MR) is 47.0 cm³/mol. The number of nitriles is 1. The first kappa shape index (κ1) is 9.01. The van der Waals surface area contributed by atoms with Crippen LogP contribution in [0.4, 0.5) is 0 Å². The molecule has 0 aromatic rings. The van der Waals surface area contributed by atoms with Crippen LogP contribution in [0.2, 0.25) is 0 Å². The molecule has 0 spiro atoms. The van der Waals surface area contributed by atoms with Crippen molar-refractivity contribution < 1.29 is 0 Å². The molecule has 0 atom stereocenters. The third-order valence-corrected chi connectivity index (χ3v) is 2.13. The van der Waals surface area contributed by atoms with E-state index in [1.54, 1.807) is 0 Å². The predicted octanol–water partition coefficient (Wildman–Crippen LogP) is 0.125. The fourth-order valence-electron chi connectivity index (χ4n) is 1.26. The average molecular weight is 166 g/mol. The van der Waals surface area contributed by atoms with Crippen LogP contribution < -0.4 is 0 Å². The van der Waals surface area contributed by atoms with Crippen molar-refractivity contribution in [3.05, 3.63) is 0 Å². The molecule has 1 aliphatic heterocycles. The van der Waals surface area contributed by atoms with Crippen LogP contribution in [0.1, 0.15) is 6.42 Å². The highest BCUT2D eigenvalue weighted by atomic mass is 15.3. The molecule has 0 aromatic carbocycles. The van der Waals surface area contributed by atoms with Crippen molar-refractivity contribution in [3.8, 4) is 6.07 Å². The maximum absolute atomic E-state index is 8.39. The van der Waals surface area contributed by atoms with Crippen LogP contribution in [0.25, 0.3) is 0 Å². The number of nitrogens with one attached hydrogen (secondary N) is 1. The van der Waals surface area contributed by atoms with Gasteiger partial charge in [0.25, 0.3) is 0 Å². The van der Waals surface area contributed by atoms with Gasteiger partial charge in [-0.15, -0.1) is 0 Å². The summed E-state index contributed by atoms with van der Waals surface area (Å²) in [6.45, 7) is 3.76. The molecule has 1 N–H and O–H groups in total. The van der Waals surface area contributed by atoms with E-state index in [2.05, 4.69) is 11.9 Å². The van der Waals surface area contributed by atoms with Crippen LogP contribution in [0.5, 0.6) is 0 Å². The lowest BCUT2D eigenvalue weighted by molar-refractivity contribution is 0.213. The Morgan fingerprint density at radius 2 is 2.00 bits per heavy atom. The largest absolute Gasteiger partial charge is 0.357 e. The number of hydrogen-bond acceptors (Lipinski definition) is 3. The van der Waals surface area contributed by atoms with Gasteiger partial charge in [-0.1, -0.05) is 0 Å². The normalized spacial score (nSPS) is 18.8. The Labute approximate surface area is 72.9 Å². The summed E-state index contributed by atoms with van der Waals surface area (Å²) in [6.07, 6.45) is 0.240. The van der Waals surface area contributed by atoms with Crippen LogP contribution in [-0.4, -0.2) is 48.9 Å². The van der Waals surface area contributed by atoms with E-state index in [4.69, 9.17) is 10.7 Å². The van der Waals surface area contributed by atoms with Crippen molar-refractivity contribution in [3.63, 3.8) is 0 Å². The van der Waals surface area contributed by atoms with Gasteiger partial charge in [0.15, 0.2) is 0 Å². The van der Waals surface area contributed by atoms with Gasteiger partial charge in [0, 0.05) is 26.2 Å². The van der Waals surface area contributed by atoms with Gasteiger partial charge < -0.3 is 9.80 Å². The van der Waals surface area contributed by atoms with Crippen LogP contribution in [0.3, 0.4) is 0 Å². The molecule has 0 bridgehead atoms. The minimum absolute atomic E-state index is 0.240. The molecule has 4 heteroatoms. The summed E-state index contributed by atoms with van der Waals surface area (Å²) >= 11 is 0. The molecule has 0 amide bonds. The van der Waals surface area contributed by atoms with Crippen molar-refractivity contribution in [2.75, 3.05) is 33.2 Å². The second-order valence-electron chi connectivity index (χ2n) is 3.07. The van der Waals surface area contributed by atoms with Crippen molar-refractivity contribution in [1.29, 1.82) is 10.7 Å². The number of piperazine rings is 1. The van der Waals surface area contributed by atoms with Crippen molar-refractivity contribution in [2.45, 2.75) is 6.42 Å². The molecule has 12 heavy (non-hydrogen) atoms. The van der Waals surface area contributed by atoms with Gasteiger partial charge in [-0.25, -0.2) is 0 Å². The molecule has 1 aliphatic rings. The lowest BCUT2D eigenvalue weighted by atomic mass is 10.3. The molecule has 0 unspecified atom stereocenters. The fourth-order valence-corrected chi connectivity index (χ4v) is 1.26. The van der Waals surface area contributed by atoms with E-state index < -0.39 is 0 Å². The number of hydrogen-bond donors (Lipinski definition) is 1. The molecule has 0 saturated carbocycles. The van der Waals surface area contributed by atoms with Crippen LogP contribution >= 0.6 is 0 Å². The number of nitrogens with zero attached hydrogens (tertiary/aromatic N) is 3. The second kappa shape index (κ2) is 4.07. The first-order valence-corrected chi connectivity index (χ1v) is 4.12. The SMILES string of the molecule is CN1CCN(C(=N)CC#N)CC1. The highest BCUT2D eigenvalue weighted by molar-refractivity contribution is 5.81. The molecule has 0 aliphatic carbocycles. The van der Waals surface area contributed by atoms with E-state index in [0.29, 0.717) is 5.84 Å². The molecule has 1 saturated heterocycles.